The van der Waals surface area contributed by atoms with Gasteiger partial charge in [-0.15, -0.1) is 21.5 Å². The summed E-state index contributed by atoms with van der Waals surface area (Å²) in [6.07, 6.45) is 0. The van der Waals surface area contributed by atoms with Crippen molar-refractivity contribution in [2.45, 2.75) is 19.5 Å². The summed E-state index contributed by atoms with van der Waals surface area (Å²) in [5.41, 5.74) is 1.39. The van der Waals surface area contributed by atoms with Crippen molar-refractivity contribution in [2.24, 2.45) is 0 Å². The van der Waals surface area contributed by atoms with E-state index in [9.17, 15) is 4.79 Å². The highest BCUT2D eigenvalue weighted by molar-refractivity contribution is 7.13. The van der Waals surface area contributed by atoms with Gasteiger partial charge in [-0.25, -0.2) is 0 Å². The predicted octanol–water partition coefficient (Wildman–Crippen LogP) is 1.42. The third kappa shape index (κ3) is 2.76. The molecular formula is C13H13N5O2S. The number of nitrogens with zero attached hydrogens (tertiary/aromatic N) is 4. The molecule has 0 amide bonds. The van der Waals surface area contributed by atoms with Crippen molar-refractivity contribution in [3.05, 3.63) is 35.3 Å². The van der Waals surface area contributed by atoms with Crippen molar-refractivity contribution in [3.63, 3.8) is 0 Å². The Bertz CT molecular complexity index is 768. The molecule has 0 saturated heterocycles. The van der Waals surface area contributed by atoms with Crippen LogP contribution in [0.25, 0.3) is 16.3 Å². The third-order valence-corrected chi connectivity index (χ3v) is 3.89. The zero-order valence-electron chi connectivity index (χ0n) is 11.2. The van der Waals surface area contributed by atoms with Crippen LogP contribution in [0.3, 0.4) is 0 Å². The topological polar surface area (TPSA) is 92.4 Å². The van der Waals surface area contributed by atoms with E-state index in [0.717, 1.165) is 10.6 Å². The summed E-state index contributed by atoms with van der Waals surface area (Å²) >= 11 is 1.57. The van der Waals surface area contributed by atoms with Crippen LogP contribution < -0.4 is 5.32 Å². The first-order valence-electron chi connectivity index (χ1n) is 6.36. The largest absolute Gasteiger partial charge is 0.480 e. The van der Waals surface area contributed by atoms with Gasteiger partial charge in [0.2, 0.25) is 0 Å². The molecular weight excluding hydrogens is 290 g/mol. The van der Waals surface area contributed by atoms with Crippen molar-refractivity contribution in [1.29, 1.82) is 0 Å². The van der Waals surface area contributed by atoms with Crippen molar-refractivity contribution in [1.82, 2.24) is 25.1 Å². The average molecular weight is 303 g/mol. The van der Waals surface area contributed by atoms with E-state index in [1.165, 1.54) is 0 Å². The second kappa shape index (κ2) is 5.58. The van der Waals surface area contributed by atoms with Crippen LogP contribution in [0.1, 0.15) is 12.6 Å². The average Bonchev–Trinajstić information content (AvgIpc) is 3.12. The monoisotopic (exact) mass is 303 g/mol. The maximum atomic E-state index is 10.8. The van der Waals surface area contributed by atoms with Gasteiger partial charge in [0, 0.05) is 6.54 Å². The normalized spacial score (nSPS) is 12.6. The van der Waals surface area contributed by atoms with Gasteiger partial charge in [0.1, 0.15) is 6.04 Å². The lowest BCUT2D eigenvalue weighted by molar-refractivity contribution is -0.139. The van der Waals surface area contributed by atoms with E-state index in [4.69, 9.17) is 5.11 Å². The first-order chi connectivity index (χ1) is 10.1. The SMILES string of the molecule is CC(NCc1ccc2nnc(-c3cccs3)n2n1)C(=O)O. The zero-order chi connectivity index (χ0) is 14.8. The molecule has 7 nitrogen and oxygen atoms in total. The van der Waals surface area contributed by atoms with Gasteiger partial charge in [-0.3, -0.25) is 10.1 Å². The lowest BCUT2D eigenvalue weighted by atomic mass is 10.3. The van der Waals surface area contributed by atoms with E-state index in [1.807, 2.05) is 29.6 Å². The highest BCUT2D eigenvalue weighted by Gasteiger charge is 2.12. The van der Waals surface area contributed by atoms with Crippen LogP contribution in [0.4, 0.5) is 0 Å². The summed E-state index contributed by atoms with van der Waals surface area (Å²) in [6, 6.07) is 6.91. The van der Waals surface area contributed by atoms with Crippen molar-refractivity contribution < 1.29 is 9.90 Å². The maximum Gasteiger partial charge on any atom is 0.320 e. The van der Waals surface area contributed by atoms with Crippen molar-refractivity contribution in [3.8, 4) is 10.7 Å². The Kier molecular flexibility index (Phi) is 3.63. The van der Waals surface area contributed by atoms with Crippen LogP contribution >= 0.6 is 11.3 Å². The molecule has 21 heavy (non-hydrogen) atoms. The minimum Gasteiger partial charge on any atom is -0.480 e. The van der Waals surface area contributed by atoms with Gasteiger partial charge < -0.3 is 5.11 Å². The highest BCUT2D eigenvalue weighted by atomic mass is 32.1. The molecule has 108 valence electrons. The molecule has 0 saturated carbocycles. The Balaban J connectivity index is 1.88. The van der Waals surface area contributed by atoms with Gasteiger partial charge in [0.25, 0.3) is 0 Å². The Morgan fingerprint density at radius 3 is 3.00 bits per heavy atom. The van der Waals surface area contributed by atoms with Crippen LogP contribution in [-0.4, -0.2) is 36.9 Å². The number of hydrogen-bond acceptors (Lipinski definition) is 6. The molecule has 0 aliphatic rings. The molecule has 1 atom stereocenters. The predicted molar refractivity (Wildman–Crippen MR) is 78.0 cm³/mol. The second-order valence-corrected chi connectivity index (χ2v) is 5.48. The van der Waals surface area contributed by atoms with E-state index in [0.29, 0.717) is 18.0 Å². The van der Waals surface area contributed by atoms with E-state index in [1.54, 1.807) is 22.8 Å². The van der Waals surface area contributed by atoms with E-state index in [-0.39, 0.29) is 0 Å². The van der Waals surface area contributed by atoms with Crippen LogP contribution in [0.5, 0.6) is 0 Å². The first kappa shape index (κ1) is 13.7. The lowest BCUT2D eigenvalue weighted by Crippen LogP contribution is -2.33. The molecule has 0 aliphatic carbocycles. The molecule has 0 fully saturated rings. The van der Waals surface area contributed by atoms with Crippen LogP contribution in [0.15, 0.2) is 29.6 Å². The molecule has 0 aliphatic heterocycles. The molecule has 0 aromatic carbocycles. The van der Waals surface area contributed by atoms with Gasteiger partial charge in [0.05, 0.1) is 10.6 Å². The second-order valence-electron chi connectivity index (χ2n) is 4.54. The van der Waals surface area contributed by atoms with E-state index < -0.39 is 12.0 Å². The number of hydrogen-bond donors (Lipinski definition) is 2. The Morgan fingerprint density at radius 1 is 1.43 bits per heavy atom. The minimum atomic E-state index is -0.889. The number of rotatable bonds is 5. The number of thiophene rings is 1. The van der Waals surface area contributed by atoms with Crippen LogP contribution in [0, 0.1) is 0 Å². The fraction of sp³-hybridized carbons (Fsp3) is 0.231. The number of carbonyl (C=O) groups is 1. The summed E-state index contributed by atoms with van der Waals surface area (Å²) in [6.45, 7) is 1.96. The highest BCUT2D eigenvalue weighted by Crippen LogP contribution is 2.22. The Hall–Kier alpha value is -2.32. The Morgan fingerprint density at radius 2 is 2.29 bits per heavy atom. The number of carboxylic acid groups (broad SMARTS) is 1. The molecule has 3 rings (SSSR count). The van der Waals surface area contributed by atoms with Crippen molar-refractivity contribution in [2.75, 3.05) is 0 Å². The number of carboxylic acids is 1. The third-order valence-electron chi connectivity index (χ3n) is 3.02. The molecule has 8 heteroatoms. The zero-order valence-corrected chi connectivity index (χ0v) is 12.0. The molecule has 3 aromatic heterocycles. The quantitative estimate of drug-likeness (QED) is 0.740. The molecule has 3 aromatic rings. The molecule has 1 unspecified atom stereocenters. The first-order valence-corrected chi connectivity index (χ1v) is 7.24. The molecule has 0 bridgehead atoms. The van der Waals surface area contributed by atoms with Crippen LogP contribution in [0.2, 0.25) is 0 Å². The maximum absolute atomic E-state index is 10.8. The summed E-state index contributed by atoms with van der Waals surface area (Å²) in [5.74, 6) is -0.201. The smallest absolute Gasteiger partial charge is 0.320 e. The summed E-state index contributed by atoms with van der Waals surface area (Å²) in [5, 5.41) is 26.4. The van der Waals surface area contributed by atoms with E-state index in [2.05, 4.69) is 20.6 Å². The summed E-state index contributed by atoms with van der Waals surface area (Å²) < 4.78 is 1.67. The fourth-order valence-electron chi connectivity index (χ4n) is 1.83. The number of nitrogens with one attached hydrogen (secondary N) is 1. The van der Waals surface area contributed by atoms with Gasteiger partial charge in [0.15, 0.2) is 11.5 Å². The minimum absolute atomic E-state index is 0.367. The molecule has 0 radical (unpaired) electrons. The summed E-state index contributed by atoms with van der Waals surface area (Å²) in [4.78, 5) is 11.8. The van der Waals surface area contributed by atoms with Crippen molar-refractivity contribution >= 4 is 23.0 Å². The fourth-order valence-corrected chi connectivity index (χ4v) is 2.52. The molecule has 2 N–H and O–H groups in total. The standard InChI is InChI=1S/C13H13N5O2S/c1-8(13(19)20)14-7-9-4-5-11-15-16-12(18(11)17-9)10-3-2-6-21-10/h2-6,8,14H,7H2,1H3,(H,19,20). The molecule has 3 heterocycles. The number of aromatic nitrogens is 4. The van der Waals surface area contributed by atoms with Gasteiger partial charge in [-0.05, 0) is 30.5 Å². The lowest BCUT2D eigenvalue weighted by Gasteiger charge is -2.08. The van der Waals surface area contributed by atoms with Gasteiger partial charge in [-0.2, -0.15) is 9.61 Å². The number of fused-ring (bicyclic) bond motifs is 1. The Labute approximate surface area is 124 Å². The number of aliphatic carboxylic acids is 1. The van der Waals surface area contributed by atoms with Gasteiger partial charge in [-0.1, -0.05) is 6.07 Å². The molecule has 0 spiro atoms. The van der Waals surface area contributed by atoms with Gasteiger partial charge >= 0.3 is 5.97 Å². The summed E-state index contributed by atoms with van der Waals surface area (Å²) in [7, 11) is 0. The van der Waals surface area contributed by atoms with E-state index >= 15 is 0 Å². The van der Waals surface area contributed by atoms with Crippen LogP contribution in [-0.2, 0) is 11.3 Å².